The maximum Gasteiger partial charge on any atom is 0.317 e. The number of aryl methyl sites for hydroxylation is 1. The zero-order valence-corrected chi connectivity index (χ0v) is 14.6. The minimum absolute atomic E-state index is 0.0126. The fourth-order valence-corrected chi connectivity index (χ4v) is 3.10. The molecule has 0 spiro atoms. The van der Waals surface area contributed by atoms with Crippen LogP contribution in [0.5, 0.6) is 0 Å². The average molecular weight is 318 g/mol. The van der Waals surface area contributed by atoms with E-state index in [0.29, 0.717) is 13.1 Å². The van der Waals surface area contributed by atoms with E-state index in [1.54, 1.807) is 0 Å². The third-order valence-electron chi connectivity index (χ3n) is 4.89. The summed E-state index contributed by atoms with van der Waals surface area (Å²) in [6, 6.07) is 8.63. The molecule has 0 radical (unpaired) electrons. The zero-order valence-electron chi connectivity index (χ0n) is 14.6. The van der Waals surface area contributed by atoms with Crippen molar-refractivity contribution in [3.05, 3.63) is 35.4 Å². The van der Waals surface area contributed by atoms with Gasteiger partial charge in [0.05, 0.1) is 0 Å². The van der Waals surface area contributed by atoms with Gasteiger partial charge in [0.2, 0.25) is 0 Å². The van der Waals surface area contributed by atoms with Crippen LogP contribution in [0.15, 0.2) is 24.3 Å². The number of benzene rings is 1. The van der Waals surface area contributed by atoms with E-state index in [0.717, 1.165) is 25.8 Å². The van der Waals surface area contributed by atoms with Crippen LogP contribution >= 0.6 is 0 Å². The molecular weight excluding hydrogens is 288 g/mol. The lowest BCUT2D eigenvalue weighted by atomic mass is 9.84. The Morgan fingerprint density at radius 2 is 2.04 bits per heavy atom. The van der Waals surface area contributed by atoms with Crippen molar-refractivity contribution < 1.29 is 9.90 Å². The van der Waals surface area contributed by atoms with Crippen molar-refractivity contribution >= 4 is 6.03 Å². The highest BCUT2D eigenvalue weighted by Gasteiger charge is 2.26. The molecule has 4 nitrogen and oxygen atoms in total. The van der Waals surface area contributed by atoms with E-state index in [2.05, 4.69) is 50.4 Å². The molecular formula is C19H30N2O2. The lowest BCUT2D eigenvalue weighted by molar-refractivity contribution is 0.129. The van der Waals surface area contributed by atoms with Gasteiger partial charge in [-0.2, -0.15) is 0 Å². The molecule has 1 saturated heterocycles. The number of carbonyl (C=O) groups excluding carboxylic acids is 1. The summed E-state index contributed by atoms with van der Waals surface area (Å²) in [4.78, 5) is 14.2. The minimum Gasteiger partial charge on any atom is -0.396 e. The van der Waals surface area contributed by atoms with Crippen molar-refractivity contribution in [3.8, 4) is 0 Å². The summed E-state index contributed by atoms with van der Waals surface area (Å²) in [5.74, 6) is 0.226. The fraction of sp³-hybridized carbons (Fsp3) is 0.632. The number of aliphatic hydroxyl groups is 1. The number of rotatable bonds is 5. The Morgan fingerprint density at radius 1 is 1.35 bits per heavy atom. The van der Waals surface area contributed by atoms with Gasteiger partial charge in [0.1, 0.15) is 0 Å². The molecule has 1 aromatic carbocycles. The van der Waals surface area contributed by atoms with Gasteiger partial charge in [-0.1, -0.05) is 45.0 Å². The van der Waals surface area contributed by atoms with Gasteiger partial charge in [0, 0.05) is 31.7 Å². The molecule has 2 amide bonds. The predicted molar refractivity (Wildman–Crippen MR) is 93.6 cm³/mol. The summed E-state index contributed by atoms with van der Waals surface area (Å²) in [7, 11) is 0. The molecule has 0 aliphatic carbocycles. The van der Waals surface area contributed by atoms with Crippen LogP contribution in [0, 0.1) is 5.92 Å². The Morgan fingerprint density at radius 3 is 2.65 bits per heavy atom. The molecule has 1 atom stereocenters. The van der Waals surface area contributed by atoms with E-state index >= 15 is 0 Å². The van der Waals surface area contributed by atoms with Crippen LogP contribution in [0.3, 0.4) is 0 Å². The summed E-state index contributed by atoms with van der Waals surface area (Å²) >= 11 is 0. The van der Waals surface area contributed by atoms with E-state index in [1.165, 1.54) is 11.1 Å². The molecule has 2 N–H and O–H groups in total. The molecule has 23 heavy (non-hydrogen) atoms. The number of hydrogen-bond donors (Lipinski definition) is 2. The summed E-state index contributed by atoms with van der Waals surface area (Å²) in [6.45, 7) is 8.68. The minimum atomic E-state index is -0.103. The van der Waals surface area contributed by atoms with Crippen LogP contribution in [-0.4, -0.2) is 42.3 Å². The topological polar surface area (TPSA) is 52.6 Å². The Labute approximate surface area is 139 Å². The van der Waals surface area contributed by atoms with Gasteiger partial charge < -0.3 is 15.3 Å². The van der Waals surface area contributed by atoms with Gasteiger partial charge in [-0.3, -0.25) is 0 Å². The van der Waals surface area contributed by atoms with E-state index in [1.807, 2.05) is 4.90 Å². The average Bonchev–Trinajstić information content (AvgIpc) is 2.59. The van der Waals surface area contributed by atoms with Crippen molar-refractivity contribution in [2.45, 2.75) is 45.4 Å². The number of nitrogens with zero attached hydrogens (tertiary/aromatic N) is 1. The maximum atomic E-state index is 12.4. The molecule has 1 unspecified atom stereocenters. The van der Waals surface area contributed by atoms with Crippen molar-refractivity contribution in [3.63, 3.8) is 0 Å². The van der Waals surface area contributed by atoms with Crippen LogP contribution in [0.25, 0.3) is 0 Å². The summed E-state index contributed by atoms with van der Waals surface area (Å²) in [5.41, 5.74) is 2.47. The molecule has 0 bridgehead atoms. The first-order valence-electron chi connectivity index (χ1n) is 8.69. The zero-order chi connectivity index (χ0) is 16.9. The van der Waals surface area contributed by atoms with Crippen LogP contribution in [0.2, 0.25) is 0 Å². The molecule has 0 saturated carbocycles. The monoisotopic (exact) mass is 318 g/mol. The smallest absolute Gasteiger partial charge is 0.317 e. The number of amides is 2. The molecule has 1 heterocycles. The van der Waals surface area contributed by atoms with Gasteiger partial charge in [-0.05, 0) is 36.3 Å². The molecule has 1 fully saturated rings. The molecule has 128 valence electrons. The molecule has 1 aliphatic heterocycles. The second-order valence-corrected chi connectivity index (χ2v) is 7.23. The van der Waals surface area contributed by atoms with Gasteiger partial charge >= 0.3 is 6.03 Å². The Kier molecular flexibility index (Phi) is 6.05. The lowest BCUT2D eigenvalue weighted by Crippen LogP contribution is -2.48. The first-order valence-corrected chi connectivity index (χ1v) is 8.69. The lowest BCUT2D eigenvalue weighted by Gasteiger charge is -2.33. The van der Waals surface area contributed by atoms with E-state index in [4.69, 9.17) is 0 Å². The summed E-state index contributed by atoms with van der Waals surface area (Å²) < 4.78 is 0. The fourth-order valence-electron chi connectivity index (χ4n) is 3.10. The first-order chi connectivity index (χ1) is 11.0. The van der Waals surface area contributed by atoms with Crippen molar-refractivity contribution in [2.75, 3.05) is 26.2 Å². The van der Waals surface area contributed by atoms with Crippen LogP contribution in [0.1, 0.15) is 44.7 Å². The Bertz CT molecular complexity index is 511. The standard InChI is InChI=1S/C19H30N2O2/c1-4-15-7-9-17(10-8-15)19(2,3)14-20-18(23)21-11-5-6-16(12-21)13-22/h7-10,16,22H,4-6,11-14H2,1-3H3,(H,20,23). The predicted octanol–water partition coefficient (Wildman–Crippen LogP) is 2.94. The van der Waals surface area contributed by atoms with Crippen LogP contribution in [0.4, 0.5) is 4.79 Å². The molecule has 1 aliphatic rings. The summed E-state index contributed by atoms with van der Waals surface area (Å²) in [5, 5.41) is 12.4. The normalized spacial score (nSPS) is 18.8. The van der Waals surface area contributed by atoms with Crippen LogP contribution < -0.4 is 5.32 Å². The van der Waals surface area contributed by atoms with E-state index in [-0.39, 0.29) is 24.0 Å². The number of aliphatic hydroxyl groups excluding tert-OH is 1. The third-order valence-corrected chi connectivity index (χ3v) is 4.89. The number of piperidine rings is 1. The first kappa shape index (κ1) is 17.8. The Balaban J connectivity index is 1.91. The largest absolute Gasteiger partial charge is 0.396 e. The van der Waals surface area contributed by atoms with Crippen LogP contribution in [-0.2, 0) is 11.8 Å². The summed E-state index contributed by atoms with van der Waals surface area (Å²) in [6.07, 6.45) is 3.02. The van der Waals surface area contributed by atoms with Crippen molar-refractivity contribution in [1.29, 1.82) is 0 Å². The van der Waals surface area contributed by atoms with E-state index < -0.39 is 0 Å². The van der Waals surface area contributed by atoms with Crippen molar-refractivity contribution in [1.82, 2.24) is 10.2 Å². The molecule has 2 rings (SSSR count). The SMILES string of the molecule is CCc1ccc(C(C)(C)CNC(=O)N2CCCC(CO)C2)cc1. The van der Waals surface area contributed by atoms with Gasteiger partial charge in [-0.25, -0.2) is 4.79 Å². The van der Waals surface area contributed by atoms with Gasteiger partial charge in [-0.15, -0.1) is 0 Å². The molecule has 4 heteroatoms. The van der Waals surface area contributed by atoms with E-state index in [9.17, 15) is 9.90 Å². The highest BCUT2D eigenvalue weighted by Crippen LogP contribution is 2.23. The molecule has 0 aromatic heterocycles. The van der Waals surface area contributed by atoms with Gasteiger partial charge in [0.15, 0.2) is 0 Å². The second-order valence-electron chi connectivity index (χ2n) is 7.23. The number of nitrogens with one attached hydrogen (secondary N) is 1. The number of urea groups is 1. The quantitative estimate of drug-likeness (QED) is 0.877. The number of hydrogen-bond acceptors (Lipinski definition) is 2. The third kappa shape index (κ3) is 4.71. The second kappa shape index (κ2) is 7.82. The Hall–Kier alpha value is -1.55. The number of likely N-dealkylation sites (tertiary alicyclic amines) is 1. The van der Waals surface area contributed by atoms with Crippen molar-refractivity contribution in [2.24, 2.45) is 5.92 Å². The molecule has 1 aromatic rings. The van der Waals surface area contributed by atoms with Gasteiger partial charge in [0.25, 0.3) is 0 Å². The number of carbonyl (C=O) groups is 1. The maximum absolute atomic E-state index is 12.4. The highest BCUT2D eigenvalue weighted by molar-refractivity contribution is 5.74. The highest BCUT2D eigenvalue weighted by atomic mass is 16.3.